The van der Waals surface area contributed by atoms with Gasteiger partial charge in [-0.1, -0.05) is 6.07 Å². The first-order valence-corrected chi connectivity index (χ1v) is 16.1. The number of alkyl halides is 3. The number of halogens is 3. The van der Waals surface area contributed by atoms with Gasteiger partial charge in [-0.2, -0.15) is 0 Å². The van der Waals surface area contributed by atoms with Crippen LogP contribution in [0.3, 0.4) is 0 Å². The number of benzene rings is 1. The molecule has 54 heavy (non-hydrogen) atoms. The van der Waals surface area contributed by atoms with Crippen LogP contribution in [-0.2, 0) is 4.74 Å². The number of nitrogens with zero attached hydrogens (tertiary/aromatic N) is 9. The Bertz CT molecular complexity index is 1990. The van der Waals surface area contributed by atoms with E-state index in [9.17, 15) is 33.4 Å². The fraction of sp³-hybridized carbons (Fsp3) is 0.242. The highest BCUT2D eigenvalue weighted by atomic mass is 19.4. The lowest BCUT2D eigenvalue weighted by Gasteiger charge is -2.36. The van der Waals surface area contributed by atoms with E-state index in [1.165, 1.54) is 61.8 Å². The zero-order valence-corrected chi connectivity index (χ0v) is 28.5. The summed E-state index contributed by atoms with van der Waals surface area (Å²) in [4.78, 5) is 44.2. The molecule has 5 aromatic rings. The molecule has 3 N–H and O–H groups in total. The van der Waals surface area contributed by atoms with Crippen molar-refractivity contribution >= 4 is 40.6 Å². The molecule has 21 heteroatoms. The molecule has 0 aliphatic heterocycles. The third-order valence-electron chi connectivity index (χ3n) is 7.35. The number of nitrogens with one attached hydrogen (secondary N) is 3. The predicted octanol–water partition coefficient (Wildman–Crippen LogP) is 5.55. The average molecular weight is 751 g/mol. The molecule has 0 unspecified atom stereocenters. The summed E-state index contributed by atoms with van der Waals surface area (Å²) in [6.45, 7) is 1.24. The number of hydrogen-bond donors (Lipinski definition) is 3. The quantitative estimate of drug-likeness (QED) is 0.0536. The average Bonchev–Trinajstić information content (AvgIpc) is 3.16. The number of methoxy groups -OCH3 is 1. The first-order chi connectivity index (χ1) is 26.0. The summed E-state index contributed by atoms with van der Waals surface area (Å²) in [7, 11) is 1.49. The minimum absolute atomic E-state index is 0.0214. The molecule has 5 rings (SSSR count). The van der Waals surface area contributed by atoms with Crippen molar-refractivity contribution in [3.63, 3.8) is 0 Å². The van der Waals surface area contributed by atoms with Crippen LogP contribution in [0.1, 0.15) is 0 Å². The fourth-order valence-corrected chi connectivity index (χ4v) is 4.93. The molecule has 0 saturated carbocycles. The Morgan fingerprint density at radius 3 is 2.13 bits per heavy atom. The third-order valence-corrected chi connectivity index (χ3v) is 7.35. The summed E-state index contributed by atoms with van der Waals surface area (Å²) in [6, 6.07) is 17.7. The van der Waals surface area contributed by atoms with Gasteiger partial charge < -0.3 is 25.4 Å². The van der Waals surface area contributed by atoms with Crippen molar-refractivity contribution in [3.8, 4) is 17.0 Å². The van der Waals surface area contributed by atoms with Gasteiger partial charge in [-0.15, -0.1) is 13.2 Å². The molecule has 0 aliphatic carbocycles. The van der Waals surface area contributed by atoms with Crippen LogP contribution in [0.15, 0.2) is 91.4 Å². The first kappa shape index (κ1) is 38.3. The fourth-order valence-electron chi connectivity index (χ4n) is 4.93. The third kappa shape index (κ3) is 10.8. The lowest BCUT2D eigenvalue weighted by molar-refractivity contribution is -0.385. The Hall–Kier alpha value is -6.90. The monoisotopic (exact) mass is 750 g/mol. The molecule has 0 bridgehead atoms. The highest BCUT2D eigenvalue weighted by Gasteiger charge is 2.31. The van der Waals surface area contributed by atoms with E-state index in [1.807, 2.05) is 6.07 Å². The van der Waals surface area contributed by atoms with Gasteiger partial charge in [0.1, 0.15) is 29.4 Å². The molecule has 0 radical (unpaired) electrons. The Kier molecular flexibility index (Phi) is 12.8. The van der Waals surface area contributed by atoms with Crippen LogP contribution in [0.5, 0.6) is 5.75 Å². The predicted molar refractivity (Wildman–Crippen MR) is 192 cm³/mol. The second kappa shape index (κ2) is 18.0. The second-order valence-corrected chi connectivity index (χ2v) is 11.0. The van der Waals surface area contributed by atoms with Crippen LogP contribution in [0.4, 0.5) is 53.8 Å². The van der Waals surface area contributed by atoms with Crippen LogP contribution >= 0.6 is 0 Å². The maximum absolute atomic E-state index is 12.8. The van der Waals surface area contributed by atoms with Gasteiger partial charge in [-0.25, -0.2) is 29.9 Å². The van der Waals surface area contributed by atoms with E-state index >= 15 is 0 Å². The molecule has 1 aromatic carbocycles. The van der Waals surface area contributed by atoms with Crippen LogP contribution < -0.4 is 30.7 Å². The number of anilines is 5. The highest BCUT2D eigenvalue weighted by molar-refractivity contribution is 5.64. The van der Waals surface area contributed by atoms with Crippen molar-refractivity contribution in [2.45, 2.75) is 6.36 Å². The summed E-state index contributed by atoms with van der Waals surface area (Å²) in [5.74, 6) is 0.908. The van der Waals surface area contributed by atoms with Crippen molar-refractivity contribution in [3.05, 3.63) is 112 Å². The highest BCUT2D eigenvalue weighted by Crippen LogP contribution is 2.29. The van der Waals surface area contributed by atoms with Gasteiger partial charge in [0, 0.05) is 56.8 Å². The summed E-state index contributed by atoms with van der Waals surface area (Å²) < 4.78 is 47.4. The van der Waals surface area contributed by atoms with Gasteiger partial charge in [-0.3, -0.25) is 25.2 Å². The number of aromatic nitrogens is 5. The second-order valence-electron chi connectivity index (χ2n) is 11.0. The van der Waals surface area contributed by atoms with E-state index < -0.39 is 22.0 Å². The van der Waals surface area contributed by atoms with E-state index in [4.69, 9.17) is 9.72 Å². The molecule has 282 valence electrons. The summed E-state index contributed by atoms with van der Waals surface area (Å²) in [5, 5.41) is 35.7. The van der Waals surface area contributed by atoms with E-state index in [0.29, 0.717) is 22.9 Å². The molecule has 18 nitrogen and oxygen atoms in total. The minimum atomic E-state index is -4.86. The molecule has 0 saturated heterocycles. The summed E-state index contributed by atoms with van der Waals surface area (Å²) in [5.41, 5.74) is 0.378. The normalized spacial score (nSPS) is 11.0. The number of hydrogen-bond acceptors (Lipinski definition) is 16. The Balaban J connectivity index is 1.53. The summed E-state index contributed by atoms with van der Waals surface area (Å²) >= 11 is 0. The standard InChI is InChI=1S/C33H33F3N12O6/c1-53-21-18-40-31-27(48(51)52)10-12-30(44-31)45(19-16-39-29-11-7-24(22-42-29)47(49)50)46(20-17-38-28-4-2-3-14-37-28)32-41-15-13-26(43-32)23-5-8-25(9-6-23)54-33(34,35)36/h2-15,22H,16-21H2,1H3,(H,37,38)(H,39,42)(H,40,44). The summed E-state index contributed by atoms with van der Waals surface area (Å²) in [6.07, 6.45) is -0.631. The number of nitro groups is 2. The molecule has 4 heterocycles. The van der Waals surface area contributed by atoms with Gasteiger partial charge in [0.05, 0.1) is 35.2 Å². The van der Waals surface area contributed by atoms with Crippen molar-refractivity contribution in [1.82, 2.24) is 24.9 Å². The zero-order chi connectivity index (χ0) is 38.5. The zero-order valence-electron chi connectivity index (χ0n) is 28.5. The molecule has 0 aliphatic rings. The number of ether oxygens (including phenoxy) is 2. The van der Waals surface area contributed by atoms with E-state index in [2.05, 4.69) is 40.6 Å². The van der Waals surface area contributed by atoms with Crippen LogP contribution in [0.2, 0.25) is 0 Å². The van der Waals surface area contributed by atoms with Gasteiger partial charge in [0.2, 0.25) is 11.8 Å². The van der Waals surface area contributed by atoms with Crippen LogP contribution in [0.25, 0.3) is 11.3 Å². The topological polar surface area (TPSA) is 212 Å². The first-order valence-electron chi connectivity index (χ1n) is 16.1. The van der Waals surface area contributed by atoms with Gasteiger partial charge >= 0.3 is 12.0 Å². The lowest BCUT2D eigenvalue weighted by Crippen LogP contribution is -2.49. The maximum Gasteiger partial charge on any atom is 0.573 e. The van der Waals surface area contributed by atoms with Crippen molar-refractivity contribution in [1.29, 1.82) is 0 Å². The number of pyridine rings is 3. The smallest absolute Gasteiger partial charge is 0.406 e. The largest absolute Gasteiger partial charge is 0.573 e. The van der Waals surface area contributed by atoms with Crippen molar-refractivity contribution in [2.24, 2.45) is 0 Å². The SMILES string of the molecule is COCCNc1nc(N(CCNc2ccc([N+](=O)[O-])cn2)N(CCNc2ccccn2)c2nccc(-c3ccc(OC(F)(F)F)cc3)n2)ccc1[N+](=O)[O-]. The Morgan fingerprint density at radius 1 is 0.759 bits per heavy atom. The Morgan fingerprint density at radius 2 is 1.50 bits per heavy atom. The minimum Gasteiger partial charge on any atom is -0.406 e. The van der Waals surface area contributed by atoms with Gasteiger partial charge in [0.25, 0.3) is 5.69 Å². The molecule has 4 aromatic heterocycles. The molecular weight excluding hydrogens is 717 g/mol. The van der Waals surface area contributed by atoms with E-state index in [0.717, 1.165) is 6.20 Å². The molecule has 0 amide bonds. The van der Waals surface area contributed by atoms with Crippen molar-refractivity contribution < 1.29 is 32.5 Å². The van der Waals surface area contributed by atoms with Crippen LogP contribution in [0, 0.1) is 20.2 Å². The molecule has 0 atom stereocenters. The maximum atomic E-state index is 12.8. The Labute approximate surface area is 305 Å². The van der Waals surface area contributed by atoms with E-state index in [1.54, 1.807) is 34.4 Å². The van der Waals surface area contributed by atoms with Gasteiger partial charge in [-0.05, 0) is 54.6 Å². The molecule has 0 spiro atoms. The number of hydrazine groups is 1. The molecule has 0 fully saturated rings. The van der Waals surface area contributed by atoms with Crippen molar-refractivity contribution in [2.75, 3.05) is 72.4 Å². The van der Waals surface area contributed by atoms with Gasteiger partial charge in [0.15, 0.2) is 0 Å². The van der Waals surface area contributed by atoms with Crippen LogP contribution in [-0.4, -0.2) is 87.6 Å². The molecular formula is C33H33F3N12O6. The van der Waals surface area contributed by atoms with E-state index in [-0.39, 0.29) is 68.3 Å². The number of rotatable bonds is 19. The lowest BCUT2D eigenvalue weighted by atomic mass is 10.1.